The average molecular weight is 1640 g/mol. The summed E-state index contributed by atoms with van der Waals surface area (Å²) >= 11 is 0. The molecule has 5 saturated heterocycles. The van der Waals surface area contributed by atoms with E-state index in [9.17, 15) is 25.5 Å². The lowest BCUT2D eigenvalue weighted by Gasteiger charge is -2.47. The summed E-state index contributed by atoms with van der Waals surface area (Å²) in [5.41, 5.74) is 5.48. The first-order chi connectivity index (χ1) is 66.5. The van der Waals surface area contributed by atoms with E-state index in [2.05, 4.69) is 18.7 Å². The minimum atomic E-state index is -3.15. The Morgan fingerprint density at radius 2 is 0.603 bits per heavy atom. The molecule has 5 N–H and O–H groups in total. The number of fused-ring (bicyclic) bond motifs is 15. The Labute approximate surface area is 736 Å². The first-order valence-electron chi connectivity index (χ1n) is 55.4. The van der Waals surface area contributed by atoms with Crippen molar-refractivity contribution in [1.82, 2.24) is 24.5 Å². The predicted octanol–water partition coefficient (Wildman–Crippen LogP) is 15.5. The van der Waals surface area contributed by atoms with Crippen LogP contribution in [-0.4, -0.2) is 217 Å². The number of nitrogens with zero attached hydrogens (tertiary/aromatic N) is 5. The lowest BCUT2D eigenvalue weighted by Crippen LogP contribution is -2.48. The number of hydrogen-bond acceptors (Lipinski definition) is 20. The van der Waals surface area contributed by atoms with Crippen molar-refractivity contribution in [2.24, 2.45) is 58.6 Å². The van der Waals surface area contributed by atoms with Crippen LogP contribution in [0.4, 0.5) is 0 Å². The van der Waals surface area contributed by atoms with E-state index in [1.54, 1.807) is 55.5 Å². The highest BCUT2D eigenvalue weighted by atomic mass is 16.5. The first-order valence-corrected chi connectivity index (χ1v) is 40.9. The molecule has 15 rings (SSSR count). The van der Waals surface area contributed by atoms with Gasteiger partial charge in [-0.05, 0) is 271 Å². The molecule has 0 amide bonds. The van der Waals surface area contributed by atoms with Gasteiger partial charge in [0.2, 0.25) is 0 Å². The second-order valence-electron chi connectivity index (χ2n) is 34.1. The number of rotatable bonds is 19. The van der Waals surface area contributed by atoms with Crippen LogP contribution in [0.3, 0.4) is 0 Å². The number of piperidine rings is 5. The summed E-state index contributed by atoms with van der Waals surface area (Å²) < 4.78 is 288. The number of aliphatic hydroxyl groups excluding tert-OH is 2. The van der Waals surface area contributed by atoms with Crippen LogP contribution >= 0.6 is 0 Å². The zero-order chi connectivity index (χ0) is 109. The fraction of sp³-hybridized carbons (Fsp3) is 0.688. The molecule has 0 saturated carbocycles. The molecule has 20 nitrogen and oxygen atoms in total. The van der Waals surface area contributed by atoms with E-state index in [4.69, 9.17) is 87.1 Å². The van der Waals surface area contributed by atoms with Gasteiger partial charge in [0.1, 0.15) is 0 Å². The zero-order valence-electron chi connectivity index (χ0n) is 99.7. The van der Waals surface area contributed by atoms with E-state index in [0.29, 0.717) is 121 Å². The third-order valence-corrected chi connectivity index (χ3v) is 23.9. The van der Waals surface area contributed by atoms with Gasteiger partial charge in [-0.15, -0.1) is 0 Å². The van der Waals surface area contributed by atoms with Crippen LogP contribution in [0.5, 0.6) is 57.5 Å². The Hall–Kier alpha value is -6.30. The highest BCUT2D eigenvalue weighted by Gasteiger charge is 2.45. The Morgan fingerprint density at radius 3 is 0.862 bits per heavy atom. The largest absolute Gasteiger partial charge is 0.493 e. The molecule has 646 valence electrons. The molecule has 5 aromatic carbocycles. The van der Waals surface area contributed by atoms with Crippen LogP contribution in [0, 0.1) is 58.6 Å². The van der Waals surface area contributed by atoms with Crippen molar-refractivity contribution >= 4 is 0 Å². The number of hydrogen-bond donors (Lipinski definition) is 5. The summed E-state index contributed by atoms with van der Waals surface area (Å²) in [6.45, 7) is 14.6. The van der Waals surface area contributed by atoms with Crippen molar-refractivity contribution in [3.63, 3.8) is 0 Å². The fourth-order valence-electron chi connectivity index (χ4n) is 18.5. The van der Waals surface area contributed by atoms with Crippen LogP contribution in [0.15, 0.2) is 60.7 Å². The third-order valence-electron chi connectivity index (χ3n) is 23.9. The molecular formula is C96H147N5O15. The molecular weight excluding hydrogens is 1460 g/mol. The standard InChI is InChI=1S/C20H31NO3.4C19H29NO3/c1-20(2,3)11-14-12-21-7-6-13-8-18(23-4)19(24-5)9-15(13)16(21)10-17(14)22;4*1-12(2)7-14-11-20-6-5-13-8-18(22-3)19(23-4)9-15(13)16(20)10-17(14)21/h8-9,14,16-17,22H,6-7,10-12H2,1-5H3;4*8-9,12,14,16-17,21H,5-7,10-11H2,1-4H3/i1D3,2D3,5D3,11D2;4D3,10D2,14D,17D;2*10D2,14D,17D;4D3. The van der Waals surface area contributed by atoms with Crippen LogP contribution < -0.4 is 47.4 Å². The van der Waals surface area contributed by atoms with E-state index in [1.807, 2.05) is 74.4 Å². The summed E-state index contributed by atoms with van der Waals surface area (Å²) in [7, 11) is 2.53. The van der Waals surface area contributed by atoms with Crippen molar-refractivity contribution in [3.05, 3.63) is 116 Å². The molecule has 0 bridgehead atoms. The lowest BCUT2D eigenvalue weighted by atomic mass is 9.75. The van der Waals surface area contributed by atoms with E-state index in [-0.39, 0.29) is 111 Å². The van der Waals surface area contributed by atoms with E-state index < -0.39 is 138 Å². The van der Waals surface area contributed by atoms with Gasteiger partial charge >= 0.3 is 0 Å². The summed E-state index contributed by atoms with van der Waals surface area (Å²) in [5, 5.41) is 54.7. The van der Waals surface area contributed by atoms with Crippen molar-refractivity contribution in [1.29, 1.82) is 0 Å². The summed E-state index contributed by atoms with van der Waals surface area (Å²) in [4.78, 5) is 9.90. The van der Waals surface area contributed by atoms with Gasteiger partial charge in [-0.2, -0.15) is 0 Å². The van der Waals surface area contributed by atoms with Gasteiger partial charge in [-0.25, -0.2) is 0 Å². The number of ether oxygens (including phenoxy) is 10. The number of methoxy groups -OCH3 is 10. The van der Waals surface area contributed by atoms with Crippen LogP contribution in [0.1, 0.15) is 266 Å². The molecule has 0 radical (unpaired) electrons. The van der Waals surface area contributed by atoms with Crippen LogP contribution in [0.25, 0.3) is 0 Å². The van der Waals surface area contributed by atoms with Crippen molar-refractivity contribution < 1.29 is 113 Å². The van der Waals surface area contributed by atoms with Gasteiger partial charge in [0, 0.05) is 119 Å². The average Bonchev–Trinajstić information content (AvgIpc) is 0.686. The van der Waals surface area contributed by atoms with Crippen molar-refractivity contribution in [2.45, 2.75) is 233 Å². The molecule has 0 aromatic heterocycles. The van der Waals surface area contributed by atoms with E-state index >= 15 is 0 Å². The van der Waals surface area contributed by atoms with Gasteiger partial charge in [0.25, 0.3) is 0 Å². The molecule has 0 aliphatic carbocycles. The second kappa shape index (κ2) is 40.4. The van der Waals surface area contributed by atoms with Gasteiger partial charge < -0.3 is 72.9 Å². The molecule has 116 heavy (non-hydrogen) atoms. The Bertz CT molecular complexity index is 5200. The maximum atomic E-state index is 11.0. The Morgan fingerprint density at radius 1 is 0.362 bits per heavy atom. The SMILES string of the molecule is [2H]C([2H])([2H])Oc1cc2c(cc1OC)CCN1CC(C([2H])([2H])C(C)(C([2H])([2H])[2H])C([2H])([2H])[2H])C(O)CC21.[2H]C([2H])([2H])Oc1cc2c(cc1OC)CCN1CC(CC(C)C)C(O)CC21.[2H]C([2H])([2H])Oc1cc2c(cc1OC)CCN1CC([2H])(CC(C)C)C([2H])(O)C([2H])([2H])C21.[2H]C1(CC(C)C)CN2CCc3cc(OC)c(OC)cc3C2C([2H])([2H])C1([2H])O.[2H]C1(CC(C)C)CN2CCc3cc(OC)c(OC)cc3C2C([2H])([2H])C1([2H])O. The molecule has 10 aliphatic heterocycles. The maximum Gasteiger partial charge on any atom is 0.161 e. The van der Waals surface area contributed by atoms with Gasteiger partial charge in [-0.3, -0.25) is 24.5 Å². The highest BCUT2D eigenvalue weighted by Crippen LogP contribution is 2.51. The molecule has 15 unspecified atom stereocenters. The summed E-state index contributed by atoms with van der Waals surface area (Å²) in [6, 6.07) is 14.2. The molecule has 10 heterocycles. The smallest absolute Gasteiger partial charge is 0.161 e. The molecule has 5 aromatic rings. The zero-order valence-corrected chi connectivity index (χ0v) is 70.7. The molecule has 15 atom stereocenters. The van der Waals surface area contributed by atoms with Gasteiger partial charge in [0.05, 0.1) is 118 Å². The van der Waals surface area contributed by atoms with E-state index in [0.717, 1.165) is 66.2 Å². The molecule has 0 spiro atoms. The van der Waals surface area contributed by atoms with Crippen molar-refractivity contribution in [2.75, 3.05) is 136 Å². The number of benzene rings is 5. The minimum Gasteiger partial charge on any atom is -0.493 e. The van der Waals surface area contributed by atoms with Crippen LogP contribution in [-0.2, 0) is 32.1 Å². The third kappa shape index (κ3) is 21.3. The quantitative estimate of drug-likeness (QED) is 0.0520. The van der Waals surface area contributed by atoms with E-state index in [1.165, 1.54) is 41.6 Å². The fourth-order valence-corrected chi connectivity index (χ4v) is 18.5. The minimum absolute atomic E-state index is 0.00681. The Kier molecular flexibility index (Phi) is 20.4. The predicted molar refractivity (Wildman–Crippen MR) is 460 cm³/mol. The number of aliphatic hydroxyl groups is 5. The monoisotopic (exact) mass is 1640 g/mol. The molecule has 5 fully saturated rings. The maximum absolute atomic E-state index is 11.0. The summed E-state index contributed by atoms with van der Waals surface area (Å²) in [5.74, 6) is -1.89. The second-order valence-corrected chi connectivity index (χ2v) is 34.1. The normalized spacial score (nSPS) is 36.9. The van der Waals surface area contributed by atoms with Crippen molar-refractivity contribution in [3.8, 4) is 57.5 Å². The van der Waals surface area contributed by atoms with Crippen LogP contribution in [0.2, 0.25) is 0 Å². The molecule has 20 heteroatoms. The lowest BCUT2D eigenvalue weighted by molar-refractivity contribution is -0.0259. The topological polar surface area (TPSA) is 210 Å². The van der Waals surface area contributed by atoms with Gasteiger partial charge in [0.15, 0.2) is 57.5 Å². The Balaban J connectivity index is 0.000000173. The molecule has 10 aliphatic rings. The summed E-state index contributed by atoms with van der Waals surface area (Å²) in [6.07, 6.45) is -13.6. The first kappa shape index (κ1) is 58.6. The highest BCUT2D eigenvalue weighted by molar-refractivity contribution is 5.54. The van der Waals surface area contributed by atoms with Gasteiger partial charge in [-0.1, -0.05) is 76.0 Å².